The van der Waals surface area contributed by atoms with Crippen molar-refractivity contribution in [3.05, 3.63) is 64.2 Å². The molecule has 0 unspecified atom stereocenters. The summed E-state index contributed by atoms with van der Waals surface area (Å²) in [6.07, 6.45) is 5.76. The third-order valence-corrected chi connectivity index (χ3v) is 13.0. The molecule has 5 aliphatic rings. The van der Waals surface area contributed by atoms with Crippen LogP contribution >= 0.6 is 11.6 Å². The number of alkyl carbamates (subject to hydrolysis) is 1. The van der Waals surface area contributed by atoms with E-state index in [9.17, 15) is 18.0 Å². The number of halogens is 1. The van der Waals surface area contributed by atoms with Crippen molar-refractivity contribution in [1.29, 1.82) is 0 Å². The van der Waals surface area contributed by atoms with Crippen molar-refractivity contribution in [2.45, 2.75) is 74.4 Å². The van der Waals surface area contributed by atoms with Crippen molar-refractivity contribution >= 4 is 39.3 Å². The largest absolute Gasteiger partial charge is 0.490 e. The summed E-state index contributed by atoms with van der Waals surface area (Å²) >= 11 is 7.20. The number of rotatable bonds is 5. The van der Waals surface area contributed by atoms with E-state index >= 15 is 0 Å². The lowest BCUT2D eigenvalue weighted by molar-refractivity contribution is -0.139. The Morgan fingerprint density at radius 3 is 2.77 bits per heavy atom. The first-order chi connectivity index (χ1) is 24.9. The summed E-state index contributed by atoms with van der Waals surface area (Å²) in [4.78, 5) is 31.2. The molecule has 4 heterocycles. The molecule has 7 bridgehead atoms. The van der Waals surface area contributed by atoms with E-state index in [2.05, 4.69) is 38.9 Å². The van der Waals surface area contributed by atoms with Gasteiger partial charge in [-0.3, -0.25) is 9.69 Å². The number of ether oxygens (including phenoxy) is 4. The molecule has 2 aromatic rings. The van der Waals surface area contributed by atoms with E-state index in [-0.39, 0.29) is 28.8 Å². The molecule has 14 heteroatoms. The SMILES string of the molecule is CC[C@H]1[C@@H](OC(=O)NCCN2CCOCC2)/C=C/COC(C)(C)C(=O)NS(=O)(=O)c2ccc3c(c2)N2C[C@@H]1c1cc4c(cc1Cl)CCC[C@@]4(CO3)C2. The first kappa shape index (κ1) is 37.0. The number of carbonyl (C=O) groups excluding carboxylic acids is 2. The molecule has 7 rings (SSSR count). The van der Waals surface area contributed by atoms with Crippen molar-refractivity contribution in [3.63, 3.8) is 0 Å². The van der Waals surface area contributed by atoms with Crippen molar-refractivity contribution in [2.75, 3.05) is 70.6 Å². The summed E-state index contributed by atoms with van der Waals surface area (Å²) in [6, 6.07) is 9.12. The molecule has 2 aromatic carbocycles. The highest BCUT2D eigenvalue weighted by atomic mass is 35.5. The lowest BCUT2D eigenvalue weighted by Gasteiger charge is -2.45. The molecule has 4 aliphatic heterocycles. The first-order valence-corrected chi connectivity index (χ1v) is 20.2. The second-order valence-electron chi connectivity index (χ2n) is 15.1. The van der Waals surface area contributed by atoms with Crippen LogP contribution in [-0.4, -0.2) is 103 Å². The van der Waals surface area contributed by atoms with Crippen LogP contribution < -0.4 is 19.7 Å². The number of nitrogens with zero attached hydrogens (tertiary/aromatic N) is 2. The number of amides is 2. The molecule has 2 N–H and O–H groups in total. The number of nitrogens with one attached hydrogen (secondary N) is 2. The van der Waals surface area contributed by atoms with Crippen LogP contribution in [0.3, 0.4) is 0 Å². The smallest absolute Gasteiger partial charge is 0.407 e. The predicted molar refractivity (Wildman–Crippen MR) is 197 cm³/mol. The number of benzene rings is 2. The molecule has 282 valence electrons. The van der Waals surface area contributed by atoms with Gasteiger partial charge in [0, 0.05) is 61.5 Å². The van der Waals surface area contributed by atoms with Gasteiger partial charge in [-0.15, -0.1) is 0 Å². The van der Waals surface area contributed by atoms with Crippen LogP contribution in [0.2, 0.25) is 5.02 Å². The Labute approximate surface area is 311 Å². The highest BCUT2D eigenvalue weighted by Crippen LogP contribution is 2.50. The summed E-state index contributed by atoms with van der Waals surface area (Å²) in [5.41, 5.74) is 2.16. The zero-order valence-electron chi connectivity index (χ0n) is 30.1. The number of sulfonamides is 1. The highest BCUT2D eigenvalue weighted by molar-refractivity contribution is 7.90. The van der Waals surface area contributed by atoms with E-state index < -0.39 is 33.7 Å². The van der Waals surface area contributed by atoms with E-state index in [0.717, 1.165) is 37.9 Å². The molecule has 1 spiro atoms. The Bertz CT molecular complexity index is 1830. The number of hydrogen-bond acceptors (Lipinski definition) is 10. The fourth-order valence-electron chi connectivity index (χ4n) is 8.43. The average molecular weight is 757 g/mol. The zero-order chi connectivity index (χ0) is 36.7. The maximum atomic E-state index is 13.7. The minimum atomic E-state index is -4.26. The van der Waals surface area contributed by atoms with E-state index in [1.165, 1.54) is 31.0 Å². The van der Waals surface area contributed by atoms with E-state index in [1.807, 2.05) is 6.08 Å². The molecular weight excluding hydrogens is 708 g/mol. The Morgan fingerprint density at radius 1 is 1.17 bits per heavy atom. The molecule has 12 nitrogen and oxygen atoms in total. The third-order valence-electron chi connectivity index (χ3n) is 11.4. The van der Waals surface area contributed by atoms with Crippen LogP contribution in [-0.2, 0) is 40.9 Å². The molecule has 0 radical (unpaired) electrons. The Balaban J connectivity index is 1.31. The monoisotopic (exact) mass is 756 g/mol. The zero-order valence-corrected chi connectivity index (χ0v) is 31.7. The number of hydrogen-bond donors (Lipinski definition) is 2. The van der Waals surface area contributed by atoms with Crippen molar-refractivity contribution < 1.29 is 37.0 Å². The highest BCUT2D eigenvalue weighted by Gasteiger charge is 2.46. The Kier molecular flexibility index (Phi) is 10.5. The number of carbonyl (C=O) groups is 2. The third kappa shape index (κ3) is 7.39. The van der Waals surface area contributed by atoms with Crippen LogP contribution in [0, 0.1) is 5.92 Å². The van der Waals surface area contributed by atoms with Crippen LogP contribution in [0.1, 0.15) is 62.6 Å². The lowest BCUT2D eigenvalue weighted by atomic mass is 9.67. The van der Waals surface area contributed by atoms with Gasteiger partial charge >= 0.3 is 6.09 Å². The minimum absolute atomic E-state index is 0.0233. The average Bonchev–Trinajstić information content (AvgIpc) is 3.26. The molecule has 0 saturated carbocycles. The van der Waals surface area contributed by atoms with Crippen molar-refractivity contribution in [3.8, 4) is 5.75 Å². The van der Waals surface area contributed by atoms with Gasteiger partial charge in [0.25, 0.3) is 15.9 Å². The summed E-state index contributed by atoms with van der Waals surface area (Å²) in [5, 5.41) is 3.61. The second kappa shape index (κ2) is 14.8. The van der Waals surface area contributed by atoms with Gasteiger partial charge in [0.1, 0.15) is 17.5 Å². The summed E-state index contributed by atoms with van der Waals surface area (Å²) in [7, 11) is -4.26. The topological polar surface area (TPSA) is 136 Å². The fraction of sp³-hybridized carbons (Fsp3) is 0.579. The van der Waals surface area contributed by atoms with E-state index in [0.29, 0.717) is 68.9 Å². The molecule has 0 aromatic heterocycles. The number of fused-ring (bicyclic) bond motifs is 4. The normalized spacial score (nSPS) is 28.8. The van der Waals surface area contributed by atoms with Gasteiger partial charge < -0.3 is 29.2 Å². The van der Waals surface area contributed by atoms with Gasteiger partial charge in [0.05, 0.1) is 37.0 Å². The maximum absolute atomic E-state index is 13.7. The van der Waals surface area contributed by atoms with E-state index in [1.54, 1.807) is 18.2 Å². The van der Waals surface area contributed by atoms with Crippen molar-refractivity contribution in [1.82, 2.24) is 14.9 Å². The number of aryl methyl sites for hydroxylation is 1. The van der Waals surface area contributed by atoms with Gasteiger partial charge in [0.2, 0.25) is 0 Å². The van der Waals surface area contributed by atoms with Crippen LogP contribution in [0.25, 0.3) is 0 Å². The van der Waals surface area contributed by atoms with Crippen LogP contribution in [0.5, 0.6) is 5.75 Å². The quantitative estimate of drug-likeness (QED) is 0.419. The summed E-state index contributed by atoms with van der Waals surface area (Å²) < 4.78 is 53.8. The first-order valence-electron chi connectivity index (χ1n) is 18.4. The molecule has 1 fully saturated rings. The molecule has 1 saturated heterocycles. The predicted octanol–water partition coefficient (Wildman–Crippen LogP) is 4.53. The standard InChI is InChI=1S/C38H49ClN4O8S/c1-4-27-29-22-43-23-38(11-5-7-25-19-31(39)28(29)21-30(25)38)24-49-34-10-9-26(20-32(34)43)52(46,47)41-35(44)37(2,3)50-16-6-8-33(27)51-36(45)40-12-13-42-14-17-48-18-15-42/h6,8-10,19-21,27,29,33H,4-5,7,11-18,22-24H2,1-3H3,(H,40,45)(H,41,44)/b8-6+/t27-,29+,33+,38+/m1/s1. The number of morpholine rings is 1. The lowest BCUT2D eigenvalue weighted by Crippen LogP contribution is -2.49. The Morgan fingerprint density at radius 2 is 1.98 bits per heavy atom. The Hall–Kier alpha value is -3.36. The van der Waals surface area contributed by atoms with Crippen molar-refractivity contribution in [2.24, 2.45) is 5.92 Å². The molecule has 1 aliphatic carbocycles. The summed E-state index contributed by atoms with van der Waals surface area (Å²) in [6.45, 7) is 10.7. The molecule has 4 atom stereocenters. The number of anilines is 1. The van der Waals surface area contributed by atoms with Gasteiger partial charge in [-0.05, 0) is 86.6 Å². The van der Waals surface area contributed by atoms with E-state index in [4.69, 9.17) is 30.5 Å². The van der Waals surface area contributed by atoms with Gasteiger partial charge in [-0.1, -0.05) is 30.7 Å². The minimum Gasteiger partial charge on any atom is -0.490 e. The van der Waals surface area contributed by atoms with Gasteiger partial charge in [-0.25, -0.2) is 17.9 Å². The van der Waals surface area contributed by atoms with Crippen LogP contribution in [0.4, 0.5) is 10.5 Å². The van der Waals surface area contributed by atoms with Crippen LogP contribution in [0.15, 0.2) is 47.4 Å². The maximum Gasteiger partial charge on any atom is 0.407 e. The van der Waals surface area contributed by atoms with Gasteiger partial charge in [-0.2, -0.15) is 0 Å². The second-order valence-corrected chi connectivity index (χ2v) is 17.2. The summed E-state index contributed by atoms with van der Waals surface area (Å²) in [5.74, 6) is -0.697. The van der Waals surface area contributed by atoms with Gasteiger partial charge in [0.15, 0.2) is 0 Å². The molecule has 2 amide bonds. The fourth-order valence-corrected chi connectivity index (χ4v) is 9.88. The molecular formula is C38H49ClN4O8S. The molecule has 52 heavy (non-hydrogen) atoms.